The minimum atomic E-state index is -1.10. The normalized spacial score (nSPS) is 9.60. The number of hydrogen-bond acceptors (Lipinski definition) is 3. The molecule has 0 aliphatic heterocycles. The quantitative estimate of drug-likeness (QED) is 0.540. The lowest BCUT2D eigenvalue weighted by Gasteiger charge is -2.10. The number of amides is 2. The zero-order valence-corrected chi connectivity index (χ0v) is 12.9. The first-order chi connectivity index (χ1) is 9.54. The average Bonchev–Trinajstić information content (AvgIpc) is 2.38. The van der Waals surface area contributed by atoms with Crippen molar-refractivity contribution in [2.24, 2.45) is 0 Å². The third kappa shape index (κ3) is 5.55. The van der Waals surface area contributed by atoms with Gasteiger partial charge in [-0.15, -0.1) is 18.2 Å². The predicted molar refractivity (Wildman–Crippen MR) is 84.3 cm³/mol. The largest absolute Gasteiger partial charge is 0.478 e. The Kier molecular flexibility index (Phi) is 6.98. The van der Waals surface area contributed by atoms with Crippen molar-refractivity contribution in [1.82, 2.24) is 5.32 Å². The standard InChI is InChI=1S/C13H13BrN2O3S/c1-2-6-20-7-5-15-13(19)16-11-8-9(14)3-4-10(11)12(17)18/h1,3-4,8H,5-7H2,(H,17,18)(H2,15,16,19). The Hall–Kier alpha value is -1.65. The molecule has 1 aromatic rings. The maximum absolute atomic E-state index is 11.7. The molecular weight excluding hydrogens is 344 g/mol. The molecule has 1 rings (SSSR count). The van der Waals surface area contributed by atoms with Gasteiger partial charge in [0, 0.05) is 16.8 Å². The van der Waals surface area contributed by atoms with E-state index in [1.54, 1.807) is 6.07 Å². The van der Waals surface area contributed by atoms with Crippen LogP contribution >= 0.6 is 27.7 Å². The number of thioether (sulfide) groups is 1. The maximum atomic E-state index is 11.7. The summed E-state index contributed by atoms with van der Waals surface area (Å²) >= 11 is 4.76. The van der Waals surface area contributed by atoms with E-state index in [9.17, 15) is 9.59 Å². The maximum Gasteiger partial charge on any atom is 0.337 e. The van der Waals surface area contributed by atoms with Gasteiger partial charge in [0.05, 0.1) is 17.0 Å². The highest BCUT2D eigenvalue weighted by atomic mass is 79.9. The van der Waals surface area contributed by atoms with Gasteiger partial charge in [0.25, 0.3) is 0 Å². The van der Waals surface area contributed by atoms with Crippen molar-refractivity contribution in [2.75, 3.05) is 23.4 Å². The van der Waals surface area contributed by atoms with Gasteiger partial charge in [0.1, 0.15) is 0 Å². The molecule has 0 unspecified atom stereocenters. The van der Waals surface area contributed by atoms with Gasteiger partial charge in [-0.05, 0) is 18.2 Å². The van der Waals surface area contributed by atoms with Crippen LogP contribution in [0.4, 0.5) is 10.5 Å². The van der Waals surface area contributed by atoms with E-state index in [0.29, 0.717) is 22.5 Å². The van der Waals surface area contributed by atoms with Crippen LogP contribution in [0, 0.1) is 12.3 Å². The first-order valence-electron chi connectivity index (χ1n) is 5.63. The number of terminal acetylenes is 1. The van der Waals surface area contributed by atoms with Crippen LogP contribution in [0.1, 0.15) is 10.4 Å². The summed E-state index contributed by atoms with van der Waals surface area (Å²) in [7, 11) is 0. The zero-order chi connectivity index (χ0) is 15.0. The van der Waals surface area contributed by atoms with Crippen molar-refractivity contribution in [3.8, 4) is 12.3 Å². The highest BCUT2D eigenvalue weighted by molar-refractivity contribution is 9.10. The van der Waals surface area contributed by atoms with Crippen LogP contribution in [-0.2, 0) is 0 Å². The number of halogens is 1. The lowest BCUT2D eigenvalue weighted by molar-refractivity contribution is 0.0698. The highest BCUT2D eigenvalue weighted by Gasteiger charge is 2.12. The van der Waals surface area contributed by atoms with Gasteiger partial charge in [-0.2, -0.15) is 0 Å². The Bertz CT molecular complexity index is 543. The molecule has 5 nitrogen and oxygen atoms in total. The molecular formula is C13H13BrN2O3S. The van der Waals surface area contributed by atoms with Crippen molar-refractivity contribution in [1.29, 1.82) is 0 Å². The lowest BCUT2D eigenvalue weighted by Crippen LogP contribution is -2.31. The lowest BCUT2D eigenvalue weighted by atomic mass is 10.2. The molecule has 0 atom stereocenters. The van der Waals surface area contributed by atoms with Gasteiger partial charge in [-0.3, -0.25) is 0 Å². The Morgan fingerprint density at radius 1 is 1.45 bits per heavy atom. The fourth-order valence-electron chi connectivity index (χ4n) is 1.34. The van der Waals surface area contributed by atoms with Gasteiger partial charge in [-0.25, -0.2) is 9.59 Å². The molecule has 0 fully saturated rings. The average molecular weight is 357 g/mol. The molecule has 0 spiro atoms. The second-order valence-corrected chi connectivity index (χ2v) is 5.65. The molecule has 0 heterocycles. The topological polar surface area (TPSA) is 78.4 Å². The van der Waals surface area contributed by atoms with Gasteiger partial charge in [0.2, 0.25) is 0 Å². The second kappa shape index (κ2) is 8.51. The molecule has 0 aliphatic rings. The number of benzene rings is 1. The third-order valence-electron chi connectivity index (χ3n) is 2.18. The molecule has 0 bridgehead atoms. The molecule has 0 aromatic heterocycles. The van der Waals surface area contributed by atoms with E-state index in [1.165, 1.54) is 23.9 Å². The van der Waals surface area contributed by atoms with Crippen molar-refractivity contribution < 1.29 is 14.7 Å². The molecule has 7 heteroatoms. The van der Waals surface area contributed by atoms with Crippen LogP contribution < -0.4 is 10.6 Å². The number of carboxylic acids is 1. The Labute approximate surface area is 129 Å². The molecule has 0 saturated heterocycles. The van der Waals surface area contributed by atoms with Crippen LogP contribution in [0.15, 0.2) is 22.7 Å². The summed E-state index contributed by atoms with van der Waals surface area (Å²) < 4.78 is 0.683. The van der Waals surface area contributed by atoms with Gasteiger partial charge < -0.3 is 15.7 Å². The van der Waals surface area contributed by atoms with Gasteiger partial charge >= 0.3 is 12.0 Å². The van der Waals surface area contributed by atoms with Crippen LogP contribution in [-0.4, -0.2) is 35.2 Å². The smallest absolute Gasteiger partial charge is 0.337 e. The number of rotatable bonds is 6. The van der Waals surface area contributed by atoms with E-state index in [1.807, 2.05) is 0 Å². The summed E-state index contributed by atoms with van der Waals surface area (Å²) in [5, 5.41) is 14.2. The van der Waals surface area contributed by atoms with E-state index in [2.05, 4.69) is 32.5 Å². The molecule has 3 N–H and O–H groups in total. The Morgan fingerprint density at radius 2 is 2.20 bits per heavy atom. The van der Waals surface area contributed by atoms with Gasteiger partial charge in [0.15, 0.2) is 0 Å². The number of carboxylic acid groups (broad SMARTS) is 1. The number of aromatic carboxylic acids is 1. The summed E-state index contributed by atoms with van der Waals surface area (Å²) in [6, 6.07) is 4.11. The van der Waals surface area contributed by atoms with E-state index in [0.717, 1.165) is 0 Å². The van der Waals surface area contributed by atoms with Crippen molar-refractivity contribution in [3.63, 3.8) is 0 Å². The van der Waals surface area contributed by atoms with Crippen LogP contribution in [0.25, 0.3) is 0 Å². The summed E-state index contributed by atoms with van der Waals surface area (Å²) in [6.45, 7) is 0.453. The summed E-state index contributed by atoms with van der Waals surface area (Å²) in [4.78, 5) is 22.7. The van der Waals surface area contributed by atoms with Crippen LogP contribution in [0.3, 0.4) is 0 Å². The van der Waals surface area contributed by atoms with Crippen molar-refractivity contribution in [2.45, 2.75) is 0 Å². The minimum absolute atomic E-state index is 0.0325. The van der Waals surface area contributed by atoms with E-state index in [-0.39, 0.29) is 11.3 Å². The third-order valence-corrected chi connectivity index (χ3v) is 3.53. The molecule has 106 valence electrons. The number of anilines is 1. The van der Waals surface area contributed by atoms with Crippen LogP contribution in [0.2, 0.25) is 0 Å². The SMILES string of the molecule is C#CCSCCNC(=O)Nc1cc(Br)ccc1C(=O)O. The summed E-state index contributed by atoms with van der Waals surface area (Å²) in [6.07, 6.45) is 5.10. The van der Waals surface area contributed by atoms with E-state index in [4.69, 9.17) is 11.5 Å². The summed E-state index contributed by atoms with van der Waals surface area (Å²) in [5.74, 6) is 2.68. The fraction of sp³-hybridized carbons (Fsp3) is 0.231. The van der Waals surface area contributed by atoms with Gasteiger partial charge in [-0.1, -0.05) is 21.9 Å². The molecule has 0 aliphatic carbocycles. The second-order valence-electron chi connectivity index (χ2n) is 3.63. The van der Waals surface area contributed by atoms with Crippen molar-refractivity contribution in [3.05, 3.63) is 28.2 Å². The number of carbonyl (C=O) groups is 2. The van der Waals surface area contributed by atoms with E-state index >= 15 is 0 Å². The number of nitrogens with one attached hydrogen (secondary N) is 2. The Balaban J connectivity index is 2.55. The number of urea groups is 1. The zero-order valence-electron chi connectivity index (χ0n) is 10.5. The Morgan fingerprint density at radius 3 is 2.85 bits per heavy atom. The highest BCUT2D eigenvalue weighted by Crippen LogP contribution is 2.21. The van der Waals surface area contributed by atoms with E-state index < -0.39 is 12.0 Å². The molecule has 20 heavy (non-hydrogen) atoms. The van der Waals surface area contributed by atoms with Crippen LogP contribution in [0.5, 0.6) is 0 Å². The molecule has 0 saturated carbocycles. The number of hydrogen-bond donors (Lipinski definition) is 3. The summed E-state index contributed by atoms with van der Waals surface area (Å²) in [5.41, 5.74) is 0.269. The molecule has 1 aromatic carbocycles. The number of carbonyl (C=O) groups excluding carboxylic acids is 1. The minimum Gasteiger partial charge on any atom is -0.478 e. The molecule has 0 radical (unpaired) electrons. The fourth-order valence-corrected chi connectivity index (χ4v) is 2.21. The first kappa shape index (κ1) is 16.4. The first-order valence-corrected chi connectivity index (χ1v) is 7.58. The van der Waals surface area contributed by atoms with Crippen molar-refractivity contribution >= 4 is 45.4 Å². The molecule has 2 amide bonds. The predicted octanol–water partition coefficient (Wildman–Crippen LogP) is 2.64. The monoisotopic (exact) mass is 356 g/mol.